The number of hydrogen-bond donors (Lipinski definition) is 3. The Morgan fingerprint density at radius 3 is 2.77 bits per heavy atom. The molecule has 1 fully saturated rings. The monoisotopic (exact) mass is 459 g/mol. The fraction of sp³-hybridized carbons (Fsp3) is 0.318. The van der Waals surface area contributed by atoms with Gasteiger partial charge in [0, 0.05) is 35.9 Å². The van der Waals surface area contributed by atoms with Gasteiger partial charge in [-0.1, -0.05) is 19.1 Å². The largest absolute Gasteiger partial charge is 0.399 e. The van der Waals surface area contributed by atoms with Crippen LogP contribution in [0.1, 0.15) is 25.3 Å². The van der Waals surface area contributed by atoms with Crippen molar-refractivity contribution in [1.82, 2.24) is 15.3 Å². The normalized spacial score (nSPS) is 15.1. The van der Waals surface area contributed by atoms with Crippen molar-refractivity contribution in [2.45, 2.75) is 25.8 Å². The summed E-state index contributed by atoms with van der Waals surface area (Å²) in [6.07, 6.45) is 2.23. The summed E-state index contributed by atoms with van der Waals surface area (Å²) in [4.78, 5) is 11.8. The molecule has 1 aliphatic rings. The van der Waals surface area contributed by atoms with Crippen molar-refractivity contribution >= 4 is 58.9 Å². The molecule has 0 unspecified atom stereocenters. The highest BCUT2D eigenvalue weighted by Gasteiger charge is 2.25. The van der Waals surface area contributed by atoms with E-state index >= 15 is 0 Å². The summed E-state index contributed by atoms with van der Waals surface area (Å²) in [5, 5.41) is 17.1. The predicted molar refractivity (Wildman–Crippen MR) is 132 cm³/mol. The van der Waals surface area contributed by atoms with E-state index in [1.165, 1.54) is 0 Å². The first-order chi connectivity index (χ1) is 14.2. The second-order valence-electron chi connectivity index (χ2n) is 7.35. The fourth-order valence-corrected chi connectivity index (χ4v) is 3.74. The van der Waals surface area contributed by atoms with Crippen molar-refractivity contribution in [2.24, 2.45) is 0 Å². The molecule has 2 aromatic carbocycles. The lowest BCUT2D eigenvalue weighted by Crippen LogP contribution is -2.33. The molecule has 0 saturated carbocycles. The number of benzene rings is 2. The van der Waals surface area contributed by atoms with Crippen molar-refractivity contribution < 1.29 is 0 Å². The maximum absolute atomic E-state index is 9.19. The lowest BCUT2D eigenvalue weighted by molar-refractivity contribution is 0.549. The molecule has 0 amide bonds. The zero-order valence-corrected chi connectivity index (χ0v) is 19.0. The maximum atomic E-state index is 9.19. The number of para-hydroxylation sites is 1. The zero-order chi connectivity index (χ0) is 20.2. The first kappa shape index (κ1) is 24.5. The highest BCUT2D eigenvalue weighted by atomic mass is 35.5. The molecule has 2 heterocycles. The minimum atomic E-state index is 0. The number of nitrogens with two attached hydrogens (primary N) is 1. The number of nitrogens with one attached hydrogen (secondary N) is 2. The van der Waals surface area contributed by atoms with Crippen LogP contribution >= 0.6 is 24.8 Å². The van der Waals surface area contributed by atoms with Crippen LogP contribution < -0.4 is 21.3 Å². The molecule has 9 heteroatoms. The summed E-state index contributed by atoms with van der Waals surface area (Å²) in [5.41, 5.74) is 8.52. The summed E-state index contributed by atoms with van der Waals surface area (Å²) >= 11 is 0. The zero-order valence-electron chi connectivity index (χ0n) is 17.3. The van der Waals surface area contributed by atoms with E-state index in [1.807, 2.05) is 18.2 Å². The van der Waals surface area contributed by atoms with Gasteiger partial charge in [0.15, 0.2) is 0 Å². The van der Waals surface area contributed by atoms with Crippen LogP contribution in [-0.2, 0) is 0 Å². The van der Waals surface area contributed by atoms with Crippen molar-refractivity contribution in [3.05, 3.63) is 48.0 Å². The number of nitrogen functional groups attached to an aromatic ring is 1. The Bertz CT molecular complexity index is 1070. The Morgan fingerprint density at radius 1 is 1.19 bits per heavy atom. The minimum Gasteiger partial charge on any atom is -0.399 e. The van der Waals surface area contributed by atoms with Gasteiger partial charge in [0.1, 0.15) is 5.82 Å². The van der Waals surface area contributed by atoms with Gasteiger partial charge in [0.2, 0.25) is 5.95 Å². The smallest absolute Gasteiger partial charge is 0.229 e. The van der Waals surface area contributed by atoms with Gasteiger partial charge in [-0.15, -0.1) is 24.8 Å². The molecule has 164 valence electrons. The molecule has 0 radical (unpaired) electrons. The van der Waals surface area contributed by atoms with Crippen molar-refractivity contribution in [1.29, 1.82) is 5.26 Å². The van der Waals surface area contributed by atoms with Crippen LogP contribution in [0.15, 0.2) is 42.5 Å². The number of anilines is 4. The van der Waals surface area contributed by atoms with Crippen LogP contribution in [0.5, 0.6) is 0 Å². The number of fused-ring (bicyclic) bond motifs is 1. The number of halogens is 2. The van der Waals surface area contributed by atoms with Crippen molar-refractivity contribution in [3.63, 3.8) is 0 Å². The summed E-state index contributed by atoms with van der Waals surface area (Å²) in [6.45, 7) is 5.10. The third kappa shape index (κ3) is 5.67. The quantitative estimate of drug-likeness (QED) is 0.473. The lowest BCUT2D eigenvalue weighted by atomic mass is 10.2. The maximum Gasteiger partial charge on any atom is 0.229 e. The third-order valence-corrected chi connectivity index (χ3v) is 5.09. The Morgan fingerprint density at radius 2 is 2.00 bits per heavy atom. The number of rotatable bonds is 6. The van der Waals surface area contributed by atoms with Crippen LogP contribution in [0.3, 0.4) is 0 Å². The van der Waals surface area contributed by atoms with Crippen LogP contribution in [0.25, 0.3) is 10.9 Å². The Hall–Kier alpha value is -2.79. The number of nitriles is 1. The molecule has 1 aromatic heterocycles. The van der Waals surface area contributed by atoms with E-state index < -0.39 is 0 Å². The molecule has 4 N–H and O–H groups in total. The van der Waals surface area contributed by atoms with E-state index in [0.29, 0.717) is 28.9 Å². The summed E-state index contributed by atoms with van der Waals surface area (Å²) < 4.78 is 0. The van der Waals surface area contributed by atoms with E-state index in [9.17, 15) is 5.26 Å². The standard InChI is InChI=1S/C22H25N7.2ClH/c1-2-8-25-17-7-9-29(14-17)21-19-5-3-4-6-20(19)27-22(28-21)26-18-11-15(13-23)10-16(24)12-18;;/h3-6,10-12,17,25H,2,7-9,14,24H2,1H3,(H,26,27,28);2*1H/t17-;;/m0../s1. The van der Waals surface area contributed by atoms with Crippen LogP contribution in [0.4, 0.5) is 23.1 Å². The molecule has 1 aliphatic heterocycles. The van der Waals surface area contributed by atoms with Gasteiger partial charge < -0.3 is 21.3 Å². The predicted octanol–water partition coefficient (Wildman–Crippen LogP) is 4.25. The number of nitrogens with zero attached hydrogens (tertiary/aromatic N) is 4. The van der Waals surface area contributed by atoms with Crippen molar-refractivity contribution in [3.8, 4) is 6.07 Å². The molecular weight excluding hydrogens is 433 g/mol. The Labute approximate surface area is 194 Å². The minimum absolute atomic E-state index is 0. The number of hydrogen-bond acceptors (Lipinski definition) is 7. The molecule has 0 aliphatic carbocycles. The summed E-state index contributed by atoms with van der Waals surface area (Å²) in [7, 11) is 0. The Kier molecular flexibility index (Phi) is 8.69. The average Bonchev–Trinajstić information content (AvgIpc) is 3.20. The molecule has 0 spiro atoms. The van der Waals surface area contributed by atoms with Crippen molar-refractivity contribution in [2.75, 3.05) is 35.6 Å². The first-order valence-corrected chi connectivity index (χ1v) is 9.99. The fourth-order valence-electron chi connectivity index (χ4n) is 3.74. The second kappa shape index (κ2) is 11.0. The second-order valence-corrected chi connectivity index (χ2v) is 7.35. The van der Waals surface area contributed by atoms with E-state index in [-0.39, 0.29) is 24.8 Å². The lowest BCUT2D eigenvalue weighted by Gasteiger charge is -2.20. The Balaban J connectivity index is 0.00000171. The third-order valence-electron chi connectivity index (χ3n) is 5.09. The summed E-state index contributed by atoms with van der Waals surface area (Å²) in [5.74, 6) is 1.43. The number of aromatic nitrogens is 2. The van der Waals surface area contributed by atoms with E-state index in [1.54, 1.807) is 18.2 Å². The first-order valence-electron chi connectivity index (χ1n) is 9.99. The molecule has 0 bridgehead atoms. The van der Waals surface area contributed by atoms with Gasteiger partial charge in [0.05, 0.1) is 17.1 Å². The molecule has 4 rings (SSSR count). The molecule has 1 atom stereocenters. The molecule has 31 heavy (non-hydrogen) atoms. The summed E-state index contributed by atoms with van der Waals surface area (Å²) in [6, 6.07) is 15.8. The highest BCUT2D eigenvalue weighted by Crippen LogP contribution is 2.29. The molecular formula is C22H27Cl2N7. The molecule has 1 saturated heterocycles. The van der Waals surface area contributed by atoms with Crippen LogP contribution in [-0.4, -0.2) is 35.6 Å². The average molecular weight is 460 g/mol. The SMILES string of the molecule is CCCN[C@H]1CCN(c2nc(Nc3cc(N)cc(C#N)c3)nc3ccccc23)C1.Cl.Cl. The molecule has 7 nitrogen and oxygen atoms in total. The van der Waals surface area contributed by atoms with E-state index in [0.717, 1.165) is 49.2 Å². The van der Waals surface area contributed by atoms with Gasteiger partial charge >= 0.3 is 0 Å². The topological polar surface area (TPSA) is 103 Å². The van der Waals surface area contributed by atoms with E-state index in [2.05, 4.69) is 39.6 Å². The van der Waals surface area contributed by atoms with Crippen LogP contribution in [0, 0.1) is 11.3 Å². The van der Waals surface area contributed by atoms with Gasteiger partial charge in [-0.25, -0.2) is 4.98 Å². The van der Waals surface area contributed by atoms with Crippen LogP contribution in [0.2, 0.25) is 0 Å². The highest BCUT2D eigenvalue weighted by molar-refractivity contribution is 5.91. The van der Waals surface area contributed by atoms with E-state index in [4.69, 9.17) is 10.7 Å². The van der Waals surface area contributed by atoms with Gasteiger partial charge in [-0.05, 0) is 49.7 Å². The van der Waals surface area contributed by atoms with Gasteiger partial charge in [-0.3, -0.25) is 0 Å². The van der Waals surface area contributed by atoms with Gasteiger partial charge in [-0.2, -0.15) is 10.2 Å². The molecule has 3 aromatic rings. The van der Waals surface area contributed by atoms with Gasteiger partial charge in [0.25, 0.3) is 0 Å².